The predicted octanol–water partition coefficient (Wildman–Crippen LogP) is 3.02. The summed E-state index contributed by atoms with van der Waals surface area (Å²) in [5.74, 6) is -1.03. The fraction of sp³-hybridized carbons (Fsp3) is 0.333. The van der Waals surface area contributed by atoms with Gasteiger partial charge < -0.3 is 15.3 Å². The number of hydrogen-bond donors (Lipinski definition) is 2. The summed E-state index contributed by atoms with van der Waals surface area (Å²) >= 11 is 3.21. The summed E-state index contributed by atoms with van der Waals surface area (Å²) in [6, 6.07) is 4.33. The number of nitrogens with zero attached hydrogens (tertiary/aromatic N) is 1. The summed E-state index contributed by atoms with van der Waals surface area (Å²) in [6.45, 7) is 4.96. The van der Waals surface area contributed by atoms with Gasteiger partial charge in [-0.3, -0.25) is 0 Å². The van der Waals surface area contributed by atoms with Crippen molar-refractivity contribution in [3.63, 3.8) is 0 Å². The molecule has 0 bridgehead atoms. The Balaban J connectivity index is 2.90. The van der Waals surface area contributed by atoms with E-state index in [-0.39, 0.29) is 11.6 Å². The third-order valence-corrected chi connectivity index (χ3v) is 2.90. The van der Waals surface area contributed by atoms with Crippen molar-refractivity contribution >= 4 is 33.6 Å². The molecule has 1 rings (SSSR count). The van der Waals surface area contributed by atoms with Crippen molar-refractivity contribution in [2.75, 3.05) is 18.4 Å². The van der Waals surface area contributed by atoms with Crippen LogP contribution >= 0.6 is 15.9 Å². The highest BCUT2D eigenvalue weighted by atomic mass is 79.9. The molecule has 98 valence electrons. The Hall–Kier alpha value is -1.56. The van der Waals surface area contributed by atoms with Crippen LogP contribution < -0.4 is 5.32 Å². The van der Waals surface area contributed by atoms with Crippen LogP contribution in [0.4, 0.5) is 10.5 Å². The second kappa shape index (κ2) is 6.39. The van der Waals surface area contributed by atoms with E-state index in [1.54, 1.807) is 11.0 Å². The zero-order valence-electron chi connectivity index (χ0n) is 10.2. The number of halogens is 1. The molecule has 0 saturated carbocycles. The summed E-state index contributed by atoms with van der Waals surface area (Å²) in [5, 5.41) is 11.6. The van der Waals surface area contributed by atoms with Gasteiger partial charge in [0.2, 0.25) is 0 Å². The average Bonchev–Trinajstić information content (AvgIpc) is 2.29. The lowest BCUT2D eigenvalue weighted by atomic mass is 10.2. The van der Waals surface area contributed by atoms with Crippen LogP contribution in [0, 0.1) is 0 Å². The maximum atomic E-state index is 11.8. The molecule has 0 aliphatic heterocycles. The first-order valence-corrected chi connectivity index (χ1v) is 6.37. The van der Waals surface area contributed by atoms with Crippen LogP contribution in [0.1, 0.15) is 24.2 Å². The van der Waals surface area contributed by atoms with Crippen molar-refractivity contribution in [3.8, 4) is 0 Å². The van der Waals surface area contributed by atoms with E-state index in [4.69, 9.17) is 5.11 Å². The van der Waals surface area contributed by atoms with Gasteiger partial charge in [0.1, 0.15) is 0 Å². The Kier molecular flexibility index (Phi) is 5.15. The molecule has 5 nitrogen and oxygen atoms in total. The molecule has 0 spiro atoms. The molecular formula is C12H15BrN2O3. The average molecular weight is 315 g/mol. The number of carboxylic acid groups (broad SMARTS) is 1. The second-order valence-corrected chi connectivity index (χ2v) is 4.55. The first kappa shape index (κ1) is 14.5. The number of rotatable bonds is 4. The minimum atomic E-state index is -1.03. The molecule has 0 radical (unpaired) electrons. The number of carboxylic acids is 1. The van der Waals surface area contributed by atoms with Gasteiger partial charge >= 0.3 is 12.0 Å². The van der Waals surface area contributed by atoms with Gasteiger partial charge in [0, 0.05) is 23.2 Å². The minimum absolute atomic E-state index is 0.124. The Morgan fingerprint density at radius 1 is 1.28 bits per heavy atom. The van der Waals surface area contributed by atoms with Crippen molar-refractivity contribution in [3.05, 3.63) is 28.2 Å². The normalized spacial score (nSPS) is 9.94. The fourth-order valence-electron chi connectivity index (χ4n) is 1.50. The number of carbonyl (C=O) groups excluding carboxylic acids is 1. The van der Waals surface area contributed by atoms with Crippen molar-refractivity contribution in [1.82, 2.24) is 4.90 Å². The highest BCUT2D eigenvalue weighted by molar-refractivity contribution is 9.10. The lowest BCUT2D eigenvalue weighted by Crippen LogP contribution is -2.34. The number of amides is 2. The van der Waals surface area contributed by atoms with E-state index in [2.05, 4.69) is 21.2 Å². The molecule has 18 heavy (non-hydrogen) atoms. The van der Waals surface area contributed by atoms with Gasteiger partial charge in [-0.15, -0.1) is 0 Å². The Morgan fingerprint density at radius 3 is 2.39 bits per heavy atom. The molecule has 0 unspecified atom stereocenters. The maximum Gasteiger partial charge on any atom is 0.335 e. The van der Waals surface area contributed by atoms with Crippen LogP contribution in [-0.2, 0) is 0 Å². The number of aromatic carboxylic acids is 1. The van der Waals surface area contributed by atoms with Crippen molar-refractivity contribution < 1.29 is 14.7 Å². The zero-order valence-corrected chi connectivity index (χ0v) is 11.8. The fourth-order valence-corrected chi connectivity index (χ4v) is 1.99. The number of anilines is 1. The van der Waals surface area contributed by atoms with Crippen LogP contribution in [0.5, 0.6) is 0 Å². The van der Waals surface area contributed by atoms with Crippen molar-refractivity contribution in [1.29, 1.82) is 0 Å². The molecular weight excluding hydrogens is 300 g/mol. The molecule has 0 fully saturated rings. The lowest BCUT2D eigenvalue weighted by Gasteiger charge is -2.19. The van der Waals surface area contributed by atoms with Crippen LogP contribution in [0.3, 0.4) is 0 Å². The first-order chi connectivity index (χ1) is 8.47. The number of benzene rings is 1. The van der Waals surface area contributed by atoms with Crippen LogP contribution in [0.2, 0.25) is 0 Å². The third-order valence-electron chi connectivity index (χ3n) is 2.45. The minimum Gasteiger partial charge on any atom is -0.478 e. The van der Waals surface area contributed by atoms with E-state index in [1.165, 1.54) is 12.1 Å². The predicted molar refractivity (Wildman–Crippen MR) is 73.0 cm³/mol. The molecule has 0 aliphatic rings. The summed E-state index contributed by atoms with van der Waals surface area (Å²) in [7, 11) is 0. The molecule has 0 saturated heterocycles. The molecule has 0 aromatic heterocycles. The lowest BCUT2D eigenvalue weighted by molar-refractivity contribution is 0.0697. The van der Waals surface area contributed by atoms with Gasteiger partial charge in [-0.25, -0.2) is 9.59 Å². The van der Waals surface area contributed by atoms with Crippen molar-refractivity contribution in [2.45, 2.75) is 13.8 Å². The van der Waals surface area contributed by atoms with E-state index < -0.39 is 5.97 Å². The molecule has 1 aromatic rings. The van der Waals surface area contributed by atoms with Gasteiger partial charge in [-0.2, -0.15) is 0 Å². The van der Waals surface area contributed by atoms with Crippen LogP contribution in [0.25, 0.3) is 0 Å². The van der Waals surface area contributed by atoms with E-state index in [0.29, 0.717) is 23.2 Å². The molecule has 2 N–H and O–H groups in total. The monoisotopic (exact) mass is 314 g/mol. The maximum absolute atomic E-state index is 11.8. The topological polar surface area (TPSA) is 69.6 Å². The molecule has 0 heterocycles. The van der Waals surface area contributed by atoms with Gasteiger partial charge in [0.25, 0.3) is 0 Å². The standard InChI is InChI=1S/C12H15BrN2O3/c1-3-15(4-2)12(18)14-10-6-8(11(16)17)5-9(13)7-10/h5-7H,3-4H2,1-2H3,(H,14,18)(H,16,17). The number of urea groups is 1. The number of nitrogens with one attached hydrogen (secondary N) is 1. The quantitative estimate of drug-likeness (QED) is 0.897. The van der Waals surface area contributed by atoms with E-state index in [9.17, 15) is 9.59 Å². The SMILES string of the molecule is CCN(CC)C(=O)Nc1cc(Br)cc(C(=O)O)c1. The Bertz CT molecular complexity index is 459. The Labute approximate surface area is 114 Å². The van der Waals surface area contributed by atoms with Crippen LogP contribution in [-0.4, -0.2) is 35.1 Å². The second-order valence-electron chi connectivity index (χ2n) is 3.64. The summed E-state index contributed by atoms with van der Waals surface area (Å²) in [6.07, 6.45) is 0. The summed E-state index contributed by atoms with van der Waals surface area (Å²) in [4.78, 5) is 24.3. The highest BCUT2D eigenvalue weighted by Crippen LogP contribution is 2.20. The smallest absolute Gasteiger partial charge is 0.335 e. The number of hydrogen-bond acceptors (Lipinski definition) is 2. The molecule has 2 amide bonds. The number of carbonyl (C=O) groups is 2. The van der Waals surface area contributed by atoms with E-state index in [1.807, 2.05) is 13.8 Å². The third kappa shape index (κ3) is 3.73. The van der Waals surface area contributed by atoms with Crippen LogP contribution in [0.15, 0.2) is 22.7 Å². The first-order valence-electron chi connectivity index (χ1n) is 5.57. The highest BCUT2D eigenvalue weighted by Gasteiger charge is 2.11. The molecule has 0 atom stereocenters. The summed E-state index contributed by atoms with van der Waals surface area (Å²) in [5.41, 5.74) is 0.581. The molecule has 6 heteroatoms. The van der Waals surface area contributed by atoms with Gasteiger partial charge in [0.15, 0.2) is 0 Å². The Morgan fingerprint density at radius 2 is 1.89 bits per heavy atom. The van der Waals surface area contributed by atoms with Gasteiger partial charge in [-0.1, -0.05) is 15.9 Å². The summed E-state index contributed by atoms with van der Waals surface area (Å²) < 4.78 is 0.609. The zero-order chi connectivity index (χ0) is 13.7. The van der Waals surface area contributed by atoms with Gasteiger partial charge in [0.05, 0.1) is 5.56 Å². The van der Waals surface area contributed by atoms with Crippen molar-refractivity contribution in [2.24, 2.45) is 0 Å². The van der Waals surface area contributed by atoms with E-state index in [0.717, 1.165) is 0 Å². The molecule has 0 aliphatic carbocycles. The van der Waals surface area contributed by atoms with Gasteiger partial charge in [-0.05, 0) is 32.0 Å². The largest absolute Gasteiger partial charge is 0.478 e. The molecule has 1 aromatic carbocycles. The van der Waals surface area contributed by atoms with E-state index >= 15 is 0 Å².